The first-order valence-electron chi connectivity index (χ1n) is 9.47. The Kier molecular flexibility index (Phi) is 6.49. The lowest BCUT2D eigenvalue weighted by Crippen LogP contribution is -2.40. The molecule has 1 aliphatic rings. The van der Waals surface area contributed by atoms with E-state index in [0.29, 0.717) is 11.3 Å². The Morgan fingerprint density at radius 3 is 2.21 bits per heavy atom. The van der Waals surface area contributed by atoms with E-state index in [1.165, 1.54) is 0 Å². The molecular weight excluding hydrogens is 372 g/mol. The lowest BCUT2D eigenvalue weighted by atomic mass is 9.91. The number of nitrogens with two attached hydrogens (primary N) is 1. The zero-order chi connectivity index (χ0) is 18.6. The molecule has 28 heavy (non-hydrogen) atoms. The van der Waals surface area contributed by atoms with Gasteiger partial charge in [0.2, 0.25) is 0 Å². The molecule has 5 nitrogen and oxygen atoms in total. The van der Waals surface area contributed by atoms with Crippen LogP contribution in [0.25, 0.3) is 16.9 Å². The molecule has 2 aromatic carbocycles. The molecule has 0 aliphatic heterocycles. The summed E-state index contributed by atoms with van der Waals surface area (Å²) >= 11 is 0. The fraction of sp³-hybridized carbons (Fsp3) is 0.273. The second kappa shape index (κ2) is 9.04. The van der Waals surface area contributed by atoms with Gasteiger partial charge in [0.05, 0.1) is 11.3 Å². The highest BCUT2D eigenvalue weighted by Gasteiger charge is 2.24. The van der Waals surface area contributed by atoms with Crippen LogP contribution in [0.3, 0.4) is 0 Å². The molecule has 1 fully saturated rings. The topological polar surface area (TPSA) is 72.9 Å². The third-order valence-corrected chi connectivity index (χ3v) is 5.13. The first-order valence-corrected chi connectivity index (χ1v) is 9.47. The van der Waals surface area contributed by atoms with Crippen LogP contribution in [0.1, 0.15) is 36.0 Å². The molecule has 1 aromatic heterocycles. The Morgan fingerprint density at radius 1 is 0.964 bits per heavy atom. The summed E-state index contributed by atoms with van der Waals surface area (Å²) in [7, 11) is 0. The second-order valence-electron chi connectivity index (χ2n) is 7.12. The van der Waals surface area contributed by atoms with Crippen LogP contribution in [0.2, 0.25) is 0 Å². The molecule has 0 atom stereocenters. The minimum absolute atomic E-state index is 0. The van der Waals surface area contributed by atoms with Crippen molar-refractivity contribution in [1.29, 1.82) is 0 Å². The number of benzene rings is 2. The van der Waals surface area contributed by atoms with Gasteiger partial charge in [-0.25, -0.2) is 4.68 Å². The van der Waals surface area contributed by atoms with E-state index in [1.807, 2.05) is 66.9 Å². The number of halogens is 1. The van der Waals surface area contributed by atoms with Crippen molar-refractivity contribution in [2.45, 2.75) is 37.8 Å². The Labute approximate surface area is 171 Å². The highest BCUT2D eigenvalue weighted by molar-refractivity contribution is 6.00. The Morgan fingerprint density at radius 2 is 1.57 bits per heavy atom. The molecule has 3 N–H and O–H groups in total. The van der Waals surface area contributed by atoms with Crippen LogP contribution >= 0.6 is 12.4 Å². The van der Waals surface area contributed by atoms with E-state index in [2.05, 4.69) is 5.32 Å². The summed E-state index contributed by atoms with van der Waals surface area (Å²) in [4.78, 5) is 13.0. The number of hydrogen-bond donors (Lipinski definition) is 2. The minimum atomic E-state index is -0.0727. The summed E-state index contributed by atoms with van der Waals surface area (Å²) in [6.45, 7) is 0. The largest absolute Gasteiger partial charge is 0.349 e. The van der Waals surface area contributed by atoms with Gasteiger partial charge in [-0.1, -0.05) is 48.5 Å². The number of amides is 1. The van der Waals surface area contributed by atoms with Crippen LogP contribution in [0.5, 0.6) is 0 Å². The second-order valence-corrected chi connectivity index (χ2v) is 7.12. The summed E-state index contributed by atoms with van der Waals surface area (Å²) in [5, 5.41) is 7.90. The Bertz CT molecular complexity index is 903. The van der Waals surface area contributed by atoms with Crippen LogP contribution in [0, 0.1) is 0 Å². The Balaban J connectivity index is 0.00000225. The molecular formula is C22H25ClN4O. The van der Waals surface area contributed by atoms with Crippen molar-refractivity contribution in [3.05, 3.63) is 72.4 Å². The SMILES string of the molecule is Cl.NC1CCC(NC(=O)c2cn(-c3ccccc3)nc2-c2ccccc2)CC1. The van der Waals surface area contributed by atoms with Gasteiger partial charge in [0.1, 0.15) is 5.69 Å². The molecule has 0 bridgehead atoms. The molecule has 3 aromatic rings. The summed E-state index contributed by atoms with van der Waals surface area (Å²) in [5.41, 5.74) is 9.14. The maximum Gasteiger partial charge on any atom is 0.255 e. The fourth-order valence-corrected chi connectivity index (χ4v) is 3.59. The first kappa shape index (κ1) is 20.1. The van der Waals surface area contributed by atoms with E-state index < -0.39 is 0 Å². The van der Waals surface area contributed by atoms with Crippen molar-refractivity contribution < 1.29 is 4.79 Å². The summed E-state index contributed by atoms with van der Waals surface area (Å²) in [5.74, 6) is -0.0727. The quantitative estimate of drug-likeness (QED) is 0.701. The molecule has 0 spiro atoms. The van der Waals surface area contributed by atoms with Crippen molar-refractivity contribution in [2.75, 3.05) is 0 Å². The monoisotopic (exact) mass is 396 g/mol. The lowest BCUT2D eigenvalue weighted by Gasteiger charge is -2.26. The molecule has 6 heteroatoms. The number of aromatic nitrogens is 2. The lowest BCUT2D eigenvalue weighted by molar-refractivity contribution is 0.0926. The summed E-state index contributed by atoms with van der Waals surface area (Å²) in [6.07, 6.45) is 5.60. The number of carbonyl (C=O) groups excluding carboxylic acids is 1. The molecule has 1 saturated carbocycles. The maximum atomic E-state index is 13.0. The van der Waals surface area contributed by atoms with Crippen LogP contribution in [-0.2, 0) is 0 Å². The zero-order valence-electron chi connectivity index (χ0n) is 15.6. The third-order valence-electron chi connectivity index (χ3n) is 5.13. The predicted octanol–water partition coefficient (Wildman–Crippen LogP) is 3.96. The molecule has 146 valence electrons. The first-order chi connectivity index (χ1) is 13.2. The number of rotatable bonds is 4. The van der Waals surface area contributed by atoms with Crippen molar-refractivity contribution in [3.8, 4) is 16.9 Å². The summed E-state index contributed by atoms with van der Waals surface area (Å²) < 4.78 is 1.77. The van der Waals surface area contributed by atoms with Crippen LogP contribution in [0.4, 0.5) is 0 Å². The van der Waals surface area contributed by atoms with E-state index >= 15 is 0 Å². The smallest absolute Gasteiger partial charge is 0.255 e. The van der Waals surface area contributed by atoms with E-state index in [4.69, 9.17) is 10.8 Å². The predicted molar refractivity (Wildman–Crippen MR) is 114 cm³/mol. The van der Waals surface area contributed by atoms with Crippen LogP contribution < -0.4 is 11.1 Å². The molecule has 0 radical (unpaired) electrons. The van der Waals surface area contributed by atoms with Crippen LogP contribution in [0.15, 0.2) is 66.9 Å². The zero-order valence-corrected chi connectivity index (χ0v) is 16.4. The number of nitrogens with zero attached hydrogens (tertiary/aromatic N) is 2. The van der Waals surface area contributed by atoms with Gasteiger partial charge in [0.25, 0.3) is 5.91 Å². The van der Waals surface area contributed by atoms with Crippen molar-refractivity contribution in [1.82, 2.24) is 15.1 Å². The normalized spacial score (nSPS) is 18.9. The van der Waals surface area contributed by atoms with E-state index in [0.717, 1.165) is 36.9 Å². The molecule has 1 amide bonds. The molecule has 1 heterocycles. The minimum Gasteiger partial charge on any atom is -0.349 e. The number of hydrogen-bond acceptors (Lipinski definition) is 3. The highest BCUT2D eigenvalue weighted by Crippen LogP contribution is 2.25. The number of nitrogens with one attached hydrogen (secondary N) is 1. The molecule has 4 rings (SSSR count). The molecule has 0 unspecified atom stereocenters. The van der Waals surface area contributed by atoms with Gasteiger partial charge in [-0.15, -0.1) is 12.4 Å². The van der Waals surface area contributed by atoms with Gasteiger partial charge in [-0.3, -0.25) is 4.79 Å². The van der Waals surface area contributed by atoms with Gasteiger partial charge in [-0.2, -0.15) is 5.10 Å². The van der Waals surface area contributed by atoms with Gasteiger partial charge >= 0.3 is 0 Å². The van der Waals surface area contributed by atoms with Gasteiger partial charge < -0.3 is 11.1 Å². The van der Waals surface area contributed by atoms with Gasteiger partial charge in [0, 0.05) is 23.8 Å². The van der Waals surface area contributed by atoms with Crippen molar-refractivity contribution >= 4 is 18.3 Å². The van der Waals surface area contributed by atoms with E-state index in [-0.39, 0.29) is 30.4 Å². The number of carbonyl (C=O) groups is 1. The maximum absolute atomic E-state index is 13.0. The van der Waals surface area contributed by atoms with E-state index in [1.54, 1.807) is 4.68 Å². The van der Waals surface area contributed by atoms with Crippen molar-refractivity contribution in [2.24, 2.45) is 5.73 Å². The Hall–Kier alpha value is -2.63. The third kappa shape index (κ3) is 4.43. The molecule has 1 aliphatic carbocycles. The molecule has 0 saturated heterocycles. The average Bonchev–Trinajstić information content (AvgIpc) is 3.17. The standard InChI is InChI=1S/C22H24N4O.ClH/c23-17-11-13-18(14-12-17)24-22(27)20-15-26(19-9-5-2-6-10-19)25-21(20)16-7-3-1-4-8-16;/h1-10,15,17-18H,11-14,23H2,(H,24,27);1H. The summed E-state index contributed by atoms with van der Waals surface area (Å²) in [6, 6.07) is 20.1. The average molecular weight is 397 g/mol. The fourth-order valence-electron chi connectivity index (χ4n) is 3.59. The number of para-hydroxylation sites is 1. The highest BCUT2D eigenvalue weighted by atomic mass is 35.5. The van der Waals surface area contributed by atoms with Gasteiger partial charge in [0.15, 0.2) is 0 Å². The van der Waals surface area contributed by atoms with Crippen molar-refractivity contribution in [3.63, 3.8) is 0 Å². The van der Waals surface area contributed by atoms with Crippen LogP contribution in [-0.4, -0.2) is 27.8 Å². The van der Waals surface area contributed by atoms with Gasteiger partial charge in [-0.05, 0) is 37.8 Å². The van der Waals surface area contributed by atoms with E-state index in [9.17, 15) is 4.79 Å².